The van der Waals surface area contributed by atoms with Gasteiger partial charge in [-0.05, 0) is 43.2 Å². The quantitative estimate of drug-likeness (QED) is 0.741. The van der Waals surface area contributed by atoms with Crippen molar-refractivity contribution < 1.29 is 4.39 Å². The number of halogens is 1. The molecule has 142 valence electrons. The Morgan fingerprint density at radius 1 is 1.21 bits per heavy atom. The Hall–Kier alpha value is -3.24. The predicted molar refractivity (Wildman–Crippen MR) is 105 cm³/mol. The van der Waals surface area contributed by atoms with Crippen molar-refractivity contribution in [3.05, 3.63) is 71.9 Å². The summed E-state index contributed by atoms with van der Waals surface area (Å²) in [5, 5.41) is 16.9. The molecular formula is C21H21FN6. The summed E-state index contributed by atoms with van der Waals surface area (Å²) in [6.45, 7) is 2.53. The van der Waals surface area contributed by atoms with Crippen LogP contribution in [0.15, 0.2) is 55.0 Å². The fraction of sp³-hybridized carbons (Fsp3) is 0.286. The van der Waals surface area contributed by atoms with E-state index in [1.54, 1.807) is 23.0 Å². The Morgan fingerprint density at radius 3 is 2.86 bits per heavy atom. The van der Waals surface area contributed by atoms with Crippen molar-refractivity contribution in [2.75, 3.05) is 18.0 Å². The Kier molecular flexibility index (Phi) is 5.31. The van der Waals surface area contributed by atoms with Crippen molar-refractivity contribution in [2.45, 2.75) is 25.4 Å². The van der Waals surface area contributed by atoms with Crippen LogP contribution in [0.5, 0.6) is 0 Å². The summed E-state index contributed by atoms with van der Waals surface area (Å²) in [5.41, 5.74) is 2.42. The van der Waals surface area contributed by atoms with Crippen LogP contribution in [0.4, 0.5) is 10.2 Å². The van der Waals surface area contributed by atoms with Crippen molar-refractivity contribution in [1.29, 1.82) is 5.26 Å². The number of benzene rings is 1. The standard InChI is InChI=1S/C21H21FN6/c22-18-2-1-3-20(11-18)28-15-17(14-26-28)13-25-19-5-8-27(9-6-19)21-10-16(12-23)4-7-24-21/h1-4,7,10-11,14-15,19,25H,5-6,8-9,13H2. The third-order valence-electron chi connectivity index (χ3n) is 5.00. The van der Waals surface area contributed by atoms with Gasteiger partial charge in [0.1, 0.15) is 11.6 Å². The molecule has 1 aliphatic rings. The first-order valence-electron chi connectivity index (χ1n) is 9.35. The Labute approximate surface area is 163 Å². The molecule has 7 heteroatoms. The maximum atomic E-state index is 13.4. The largest absolute Gasteiger partial charge is 0.356 e. The molecule has 1 saturated heterocycles. The third kappa shape index (κ3) is 4.18. The van der Waals surface area contributed by atoms with Crippen LogP contribution >= 0.6 is 0 Å². The number of rotatable bonds is 5. The van der Waals surface area contributed by atoms with Gasteiger partial charge in [-0.3, -0.25) is 0 Å². The molecule has 0 unspecified atom stereocenters. The predicted octanol–water partition coefficient (Wildman–Crippen LogP) is 3.04. The molecule has 4 rings (SSSR count). The zero-order valence-electron chi connectivity index (χ0n) is 15.4. The number of aromatic nitrogens is 3. The number of hydrogen-bond acceptors (Lipinski definition) is 5. The minimum Gasteiger partial charge on any atom is -0.356 e. The Bertz CT molecular complexity index is 984. The van der Waals surface area contributed by atoms with Gasteiger partial charge in [0.25, 0.3) is 0 Å². The number of nitriles is 1. The summed E-state index contributed by atoms with van der Waals surface area (Å²) < 4.78 is 15.1. The molecule has 3 heterocycles. The van der Waals surface area contributed by atoms with E-state index in [0.29, 0.717) is 17.3 Å². The topological polar surface area (TPSA) is 69.8 Å². The first-order valence-corrected chi connectivity index (χ1v) is 9.35. The molecule has 6 nitrogen and oxygen atoms in total. The van der Waals surface area contributed by atoms with Crippen LogP contribution in [-0.4, -0.2) is 33.9 Å². The average Bonchev–Trinajstić information content (AvgIpc) is 3.22. The molecular weight excluding hydrogens is 355 g/mol. The molecule has 0 radical (unpaired) electrons. The van der Waals surface area contributed by atoms with Crippen molar-refractivity contribution in [3.63, 3.8) is 0 Å². The highest BCUT2D eigenvalue weighted by molar-refractivity contribution is 5.45. The lowest BCUT2D eigenvalue weighted by molar-refractivity contribution is 0.413. The average molecular weight is 376 g/mol. The zero-order chi connectivity index (χ0) is 19.3. The summed E-state index contributed by atoms with van der Waals surface area (Å²) >= 11 is 0. The minimum absolute atomic E-state index is 0.269. The second kappa shape index (κ2) is 8.19. The molecule has 1 aromatic carbocycles. The minimum atomic E-state index is -0.269. The third-order valence-corrected chi connectivity index (χ3v) is 5.00. The normalized spacial score (nSPS) is 14.8. The van der Waals surface area contributed by atoms with E-state index >= 15 is 0 Å². The van der Waals surface area contributed by atoms with Gasteiger partial charge in [0, 0.05) is 43.6 Å². The van der Waals surface area contributed by atoms with E-state index in [-0.39, 0.29) is 5.82 Å². The lowest BCUT2D eigenvalue weighted by Gasteiger charge is -2.33. The summed E-state index contributed by atoms with van der Waals surface area (Å²) in [5.74, 6) is 0.600. The number of nitrogens with one attached hydrogen (secondary N) is 1. The SMILES string of the molecule is N#Cc1ccnc(N2CCC(NCc3cnn(-c4cccc(F)c4)c3)CC2)c1. The zero-order valence-corrected chi connectivity index (χ0v) is 15.4. The van der Waals surface area contributed by atoms with Crippen LogP contribution in [0.1, 0.15) is 24.0 Å². The van der Waals surface area contributed by atoms with Crippen molar-refractivity contribution >= 4 is 5.82 Å². The highest BCUT2D eigenvalue weighted by Crippen LogP contribution is 2.19. The van der Waals surface area contributed by atoms with Gasteiger partial charge < -0.3 is 10.2 Å². The van der Waals surface area contributed by atoms with E-state index in [9.17, 15) is 4.39 Å². The van der Waals surface area contributed by atoms with Gasteiger partial charge in [0.15, 0.2) is 0 Å². The van der Waals surface area contributed by atoms with Crippen LogP contribution in [0.3, 0.4) is 0 Å². The first kappa shape index (κ1) is 18.1. The summed E-state index contributed by atoms with van der Waals surface area (Å²) in [4.78, 5) is 6.61. The summed E-state index contributed by atoms with van der Waals surface area (Å²) in [6.07, 6.45) is 7.44. The highest BCUT2D eigenvalue weighted by Gasteiger charge is 2.20. The molecule has 0 spiro atoms. The van der Waals surface area contributed by atoms with Crippen LogP contribution in [0.25, 0.3) is 5.69 Å². The second-order valence-electron chi connectivity index (χ2n) is 6.93. The van der Waals surface area contributed by atoms with E-state index in [1.165, 1.54) is 12.1 Å². The number of pyridine rings is 1. The Morgan fingerprint density at radius 2 is 2.07 bits per heavy atom. The van der Waals surface area contributed by atoms with Gasteiger partial charge in [-0.25, -0.2) is 14.1 Å². The number of nitrogens with zero attached hydrogens (tertiary/aromatic N) is 5. The number of anilines is 1. The molecule has 0 aliphatic carbocycles. The van der Waals surface area contributed by atoms with Crippen molar-refractivity contribution in [2.24, 2.45) is 0 Å². The van der Waals surface area contributed by atoms with Crippen LogP contribution in [-0.2, 0) is 6.54 Å². The molecule has 0 saturated carbocycles. The highest BCUT2D eigenvalue weighted by atomic mass is 19.1. The summed E-state index contributed by atoms with van der Waals surface area (Å²) in [7, 11) is 0. The fourth-order valence-corrected chi connectivity index (χ4v) is 3.45. The maximum Gasteiger partial charge on any atom is 0.129 e. The van der Waals surface area contributed by atoms with Crippen molar-refractivity contribution in [1.82, 2.24) is 20.1 Å². The van der Waals surface area contributed by atoms with E-state index in [4.69, 9.17) is 5.26 Å². The fourth-order valence-electron chi connectivity index (χ4n) is 3.45. The molecule has 1 aliphatic heterocycles. The molecule has 1 fully saturated rings. The van der Waals surface area contributed by atoms with E-state index in [1.807, 2.05) is 24.5 Å². The first-order chi connectivity index (χ1) is 13.7. The van der Waals surface area contributed by atoms with Gasteiger partial charge >= 0.3 is 0 Å². The van der Waals surface area contributed by atoms with E-state index in [2.05, 4.69) is 26.4 Å². The van der Waals surface area contributed by atoms with Gasteiger partial charge in [0.2, 0.25) is 0 Å². The smallest absolute Gasteiger partial charge is 0.129 e. The molecule has 1 N–H and O–H groups in total. The lowest BCUT2D eigenvalue weighted by Crippen LogP contribution is -2.42. The Balaban J connectivity index is 1.29. The van der Waals surface area contributed by atoms with Gasteiger partial charge in [-0.15, -0.1) is 0 Å². The number of hydrogen-bond donors (Lipinski definition) is 1. The van der Waals surface area contributed by atoms with E-state index < -0.39 is 0 Å². The molecule has 0 bridgehead atoms. The molecule has 3 aromatic rings. The van der Waals surface area contributed by atoms with Crippen LogP contribution < -0.4 is 10.2 Å². The molecule has 0 amide bonds. The monoisotopic (exact) mass is 376 g/mol. The molecule has 2 aromatic heterocycles. The lowest BCUT2D eigenvalue weighted by atomic mass is 10.0. The van der Waals surface area contributed by atoms with Crippen LogP contribution in [0, 0.1) is 17.1 Å². The second-order valence-corrected chi connectivity index (χ2v) is 6.93. The van der Waals surface area contributed by atoms with Gasteiger partial charge in [-0.2, -0.15) is 10.4 Å². The number of piperidine rings is 1. The maximum absolute atomic E-state index is 13.4. The van der Waals surface area contributed by atoms with Crippen molar-refractivity contribution in [3.8, 4) is 11.8 Å². The van der Waals surface area contributed by atoms with Gasteiger partial charge in [0.05, 0.1) is 23.5 Å². The van der Waals surface area contributed by atoms with E-state index in [0.717, 1.165) is 43.9 Å². The molecule has 28 heavy (non-hydrogen) atoms. The summed E-state index contributed by atoms with van der Waals surface area (Å²) in [6, 6.07) is 12.6. The molecule has 0 atom stereocenters. The van der Waals surface area contributed by atoms with Crippen LogP contribution in [0.2, 0.25) is 0 Å². The van der Waals surface area contributed by atoms with Gasteiger partial charge in [-0.1, -0.05) is 6.07 Å².